The van der Waals surface area contributed by atoms with E-state index >= 15 is 0 Å². The van der Waals surface area contributed by atoms with Crippen molar-refractivity contribution in [3.63, 3.8) is 0 Å². The lowest BCUT2D eigenvalue weighted by Gasteiger charge is -2.29. The van der Waals surface area contributed by atoms with E-state index in [0.29, 0.717) is 28.9 Å². The summed E-state index contributed by atoms with van der Waals surface area (Å²) < 4.78 is 14.6. The molecular formula is C35H37Cl2FN4. The van der Waals surface area contributed by atoms with Gasteiger partial charge in [-0.3, -0.25) is 4.98 Å². The minimum Gasteiger partial charge on any atom is -0.384 e. The molecule has 2 aromatic heterocycles. The molecule has 0 bridgehead atoms. The van der Waals surface area contributed by atoms with Crippen molar-refractivity contribution >= 4 is 39.9 Å². The number of hydrogen-bond acceptors (Lipinski definition) is 3. The van der Waals surface area contributed by atoms with E-state index in [4.69, 9.17) is 28.2 Å². The predicted molar refractivity (Wildman–Crippen MR) is 175 cm³/mol. The van der Waals surface area contributed by atoms with Crippen molar-refractivity contribution in [3.8, 4) is 11.3 Å². The zero-order valence-electron chi connectivity index (χ0n) is 24.8. The van der Waals surface area contributed by atoms with Crippen molar-refractivity contribution < 1.29 is 4.39 Å². The molecule has 4 nitrogen and oxygen atoms in total. The van der Waals surface area contributed by atoms with Crippen LogP contribution >= 0.6 is 23.2 Å². The molecule has 0 saturated heterocycles. The molecule has 218 valence electrons. The van der Waals surface area contributed by atoms with Crippen LogP contribution < -0.4 is 5.32 Å². The second-order valence-electron chi connectivity index (χ2n) is 11.4. The van der Waals surface area contributed by atoms with E-state index in [2.05, 4.69) is 73.8 Å². The van der Waals surface area contributed by atoms with E-state index in [9.17, 15) is 4.39 Å². The van der Waals surface area contributed by atoms with Gasteiger partial charge in [0, 0.05) is 35.8 Å². The second-order valence-corrected chi connectivity index (χ2v) is 12.1. The summed E-state index contributed by atoms with van der Waals surface area (Å²) in [6.45, 7) is 15.4. The Labute approximate surface area is 257 Å². The van der Waals surface area contributed by atoms with Crippen LogP contribution in [0, 0.1) is 26.7 Å². The molecule has 1 aliphatic rings. The number of aryl methyl sites for hydroxylation is 2. The number of imidazole rings is 1. The first-order valence-corrected chi connectivity index (χ1v) is 15.2. The third-order valence-corrected chi connectivity index (χ3v) is 9.24. The molecule has 0 aliphatic heterocycles. The Morgan fingerprint density at radius 2 is 1.95 bits per heavy atom. The first-order valence-electron chi connectivity index (χ1n) is 14.5. The maximum absolute atomic E-state index is 14.6. The molecular weight excluding hydrogens is 566 g/mol. The molecule has 0 fully saturated rings. The molecule has 0 saturated carbocycles. The van der Waals surface area contributed by atoms with Gasteiger partial charge in [0.2, 0.25) is 0 Å². The van der Waals surface area contributed by atoms with Gasteiger partial charge in [-0.25, -0.2) is 9.37 Å². The van der Waals surface area contributed by atoms with Crippen molar-refractivity contribution in [1.82, 2.24) is 20.3 Å². The number of halogens is 3. The number of nitrogens with zero attached hydrogens (tertiary/aromatic N) is 2. The predicted octanol–water partition coefficient (Wildman–Crippen LogP) is 10.1. The molecule has 2 N–H and O–H groups in total. The quantitative estimate of drug-likeness (QED) is 0.200. The van der Waals surface area contributed by atoms with Crippen LogP contribution in [0.25, 0.3) is 28.0 Å². The number of allylic oxidation sites excluding steroid dienone is 4. The zero-order valence-corrected chi connectivity index (χ0v) is 26.3. The number of nitrogens with one attached hydrogen (secondary N) is 2. The number of fused-ring (bicyclic) bond motifs is 1. The molecule has 0 amide bonds. The van der Waals surface area contributed by atoms with Gasteiger partial charge in [0.15, 0.2) is 0 Å². The lowest BCUT2D eigenvalue weighted by molar-refractivity contribution is 0.434. The third kappa shape index (κ3) is 6.04. The lowest BCUT2D eigenvalue weighted by atomic mass is 9.81. The van der Waals surface area contributed by atoms with Crippen LogP contribution in [0.2, 0.25) is 10.0 Å². The van der Waals surface area contributed by atoms with Crippen molar-refractivity contribution in [3.05, 3.63) is 111 Å². The van der Waals surface area contributed by atoms with Crippen molar-refractivity contribution in [2.24, 2.45) is 5.92 Å². The Morgan fingerprint density at radius 3 is 2.69 bits per heavy atom. The maximum atomic E-state index is 14.6. The van der Waals surface area contributed by atoms with Gasteiger partial charge in [-0.05, 0) is 91.6 Å². The van der Waals surface area contributed by atoms with Crippen LogP contribution in [0.4, 0.5) is 4.39 Å². The number of rotatable bonds is 9. The van der Waals surface area contributed by atoms with Crippen LogP contribution in [0.3, 0.4) is 0 Å². The minimum absolute atomic E-state index is 0.0857. The van der Waals surface area contributed by atoms with Gasteiger partial charge in [-0.15, -0.1) is 0 Å². The molecule has 3 atom stereocenters. The Hall–Kier alpha value is -3.41. The number of pyridine rings is 1. The van der Waals surface area contributed by atoms with Gasteiger partial charge in [-0.1, -0.05) is 67.9 Å². The van der Waals surface area contributed by atoms with Crippen molar-refractivity contribution in [2.45, 2.75) is 59.3 Å². The van der Waals surface area contributed by atoms with Gasteiger partial charge in [-0.2, -0.15) is 0 Å². The maximum Gasteiger partial charge on any atom is 0.104 e. The lowest BCUT2D eigenvalue weighted by Crippen LogP contribution is -2.27. The summed E-state index contributed by atoms with van der Waals surface area (Å²) in [4.78, 5) is 13.2. The van der Waals surface area contributed by atoms with E-state index in [1.807, 2.05) is 25.1 Å². The highest BCUT2D eigenvalue weighted by Crippen LogP contribution is 2.40. The summed E-state index contributed by atoms with van der Waals surface area (Å²) in [7, 11) is 0. The van der Waals surface area contributed by atoms with Crippen LogP contribution in [0.1, 0.15) is 72.3 Å². The van der Waals surface area contributed by atoms with Crippen LogP contribution in [0.15, 0.2) is 67.0 Å². The number of aromatic amines is 1. The molecule has 3 unspecified atom stereocenters. The molecule has 1 aliphatic carbocycles. The van der Waals surface area contributed by atoms with Gasteiger partial charge in [0.25, 0.3) is 0 Å². The number of aromatic nitrogens is 3. The van der Waals surface area contributed by atoms with Gasteiger partial charge in [0.05, 0.1) is 26.8 Å². The van der Waals surface area contributed by atoms with E-state index in [1.165, 1.54) is 11.6 Å². The van der Waals surface area contributed by atoms with Crippen LogP contribution in [-0.4, -0.2) is 21.5 Å². The summed E-state index contributed by atoms with van der Waals surface area (Å²) >= 11 is 13.2. The molecule has 2 heterocycles. The topological polar surface area (TPSA) is 53.6 Å². The summed E-state index contributed by atoms with van der Waals surface area (Å²) in [5, 5.41) is 4.54. The summed E-state index contributed by atoms with van der Waals surface area (Å²) in [6, 6.07) is 12.0. The average Bonchev–Trinajstić information content (AvgIpc) is 3.35. The number of H-pyrrole nitrogens is 1. The minimum atomic E-state index is -0.130. The van der Waals surface area contributed by atoms with Crippen molar-refractivity contribution in [2.75, 3.05) is 6.54 Å². The molecule has 2 aromatic carbocycles. The SMILES string of the molecule is C=C(NCC(c1cc(C(C)CC)c(C)c(-c2cccc(Cl)c2Cl)n1)C1C=CC=C(F)C1)c1cc(C)c2nc(C)[nH]c2c1. The number of benzene rings is 2. The second kappa shape index (κ2) is 12.4. The van der Waals surface area contributed by atoms with Gasteiger partial charge < -0.3 is 10.3 Å². The fraction of sp³-hybridized carbons (Fsp3) is 0.314. The normalized spacial score (nSPS) is 16.4. The van der Waals surface area contributed by atoms with Gasteiger partial charge >= 0.3 is 0 Å². The monoisotopic (exact) mass is 602 g/mol. The highest BCUT2D eigenvalue weighted by Gasteiger charge is 2.28. The Kier molecular flexibility index (Phi) is 8.91. The Morgan fingerprint density at radius 1 is 1.17 bits per heavy atom. The fourth-order valence-corrected chi connectivity index (χ4v) is 6.25. The van der Waals surface area contributed by atoms with Crippen molar-refractivity contribution in [1.29, 1.82) is 0 Å². The molecule has 0 spiro atoms. The van der Waals surface area contributed by atoms with Crippen LogP contribution in [-0.2, 0) is 0 Å². The van der Waals surface area contributed by atoms with E-state index in [-0.39, 0.29) is 17.7 Å². The summed E-state index contributed by atoms with van der Waals surface area (Å²) in [5.41, 5.74) is 9.59. The average molecular weight is 604 g/mol. The summed E-state index contributed by atoms with van der Waals surface area (Å²) in [6.07, 6.45) is 6.71. The fourth-order valence-electron chi connectivity index (χ4n) is 5.86. The Balaban J connectivity index is 1.56. The van der Waals surface area contributed by atoms with E-state index in [0.717, 1.165) is 62.6 Å². The highest BCUT2D eigenvalue weighted by atomic mass is 35.5. The van der Waals surface area contributed by atoms with Gasteiger partial charge in [0.1, 0.15) is 11.7 Å². The third-order valence-electron chi connectivity index (χ3n) is 8.42. The highest BCUT2D eigenvalue weighted by molar-refractivity contribution is 6.43. The smallest absolute Gasteiger partial charge is 0.104 e. The number of hydrogen-bond donors (Lipinski definition) is 2. The zero-order chi connectivity index (χ0) is 30.1. The summed E-state index contributed by atoms with van der Waals surface area (Å²) in [5.74, 6) is 0.836. The van der Waals surface area contributed by atoms with E-state index < -0.39 is 0 Å². The standard InChI is InChI=1S/C35H37Cl2FN4/c1-7-19(2)28-17-31(42-35(21(28)4)27-12-9-13-30(36)33(27)37)29(24-10-8-11-26(38)15-24)18-39-22(5)25-14-20(3)34-32(16-25)40-23(6)41-34/h8-14,16-17,19,24,29,39H,5,7,15,18H2,1-4,6H3,(H,40,41). The molecule has 4 aromatic rings. The Bertz CT molecular complexity index is 1720. The molecule has 5 rings (SSSR count). The molecule has 7 heteroatoms. The molecule has 42 heavy (non-hydrogen) atoms. The first-order chi connectivity index (χ1) is 20.1. The largest absolute Gasteiger partial charge is 0.384 e. The van der Waals surface area contributed by atoms with E-state index in [1.54, 1.807) is 6.07 Å². The van der Waals surface area contributed by atoms with Crippen LogP contribution in [0.5, 0.6) is 0 Å². The molecule has 0 radical (unpaired) electrons. The first kappa shape index (κ1) is 30.1.